The fourth-order valence-electron chi connectivity index (χ4n) is 0.205. The quantitative estimate of drug-likeness (QED) is 0.470. The van der Waals surface area contributed by atoms with Crippen LogP contribution in [0.5, 0.6) is 0 Å². The SMILES string of the molecule is C=CC(=O)P(=O)(O)OC. The van der Waals surface area contributed by atoms with Gasteiger partial charge >= 0.3 is 7.60 Å². The van der Waals surface area contributed by atoms with E-state index in [4.69, 9.17) is 4.89 Å². The Balaban J connectivity index is 4.34. The summed E-state index contributed by atoms with van der Waals surface area (Å²) in [4.78, 5) is 18.8. The zero-order valence-electron chi connectivity index (χ0n) is 4.90. The van der Waals surface area contributed by atoms with Gasteiger partial charge in [0.2, 0.25) is 0 Å². The van der Waals surface area contributed by atoms with Crippen LogP contribution in [0.4, 0.5) is 0 Å². The van der Waals surface area contributed by atoms with Gasteiger partial charge in [0.05, 0.1) is 0 Å². The standard InChI is InChI=1S/C4H7O4P/c1-3-4(5)9(6,7)8-2/h3H,1H2,2H3,(H,6,7). The van der Waals surface area contributed by atoms with Gasteiger partial charge in [0.15, 0.2) is 0 Å². The lowest BCUT2D eigenvalue weighted by Gasteiger charge is -2.01. The molecule has 4 nitrogen and oxygen atoms in total. The topological polar surface area (TPSA) is 63.6 Å². The third-order valence-electron chi connectivity index (χ3n) is 0.701. The van der Waals surface area contributed by atoms with Gasteiger partial charge in [-0.15, -0.1) is 0 Å². The molecule has 0 rings (SSSR count). The smallest absolute Gasteiger partial charge is 0.319 e. The van der Waals surface area contributed by atoms with E-state index in [1.807, 2.05) is 0 Å². The minimum Gasteiger partial charge on any atom is -0.319 e. The van der Waals surface area contributed by atoms with Gasteiger partial charge in [-0.2, -0.15) is 0 Å². The van der Waals surface area contributed by atoms with E-state index >= 15 is 0 Å². The Morgan fingerprint density at radius 2 is 2.33 bits per heavy atom. The first-order valence-corrected chi connectivity index (χ1v) is 3.68. The van der Waals surface area contributed by atoms with E-state index in [2.05, 4.69) is 11.1 Å². The molecule has 0 aliphatic rings. The van der Waals surface area contributed by atoms with E-state index in [0.717, 1.165) is 13.2 Å². The Bertz CT molecular complexity index is 173. The largest absolute Gasteiger partial charge is 0.398 e. The number of hydrogen-bond acceptors (Lipinski definition) is 3. The number of hydrogen-bond donors (Lipinski definition) is 1. The Kier molecular flexibility index (Phi) is 2.77. The molecule has 9 heavy (non-hydrogen) atoms. The summed E-state index contributed by atoms with van der Waals surface area (Å²) in [7, 11) is -3.03. The van der Waals surface area contributed by atoms with Crippen LogP contribution in [0, 0.1) is 0 Å². The first kappa shape index (κ1) is 8.56. The van der Waals surface area contributed by atoms with Gasteiger partial charge in [0.1, 0.15) is 0 Å². The van der Waals surface area contributed by atoms with Crippen LogP contribution in [0.25, 0.3) is 0 Å². The molecule has 0 bridgehead atoms. The minimum absolute atomic E-state index is 0.754. The highest BCUT2D eigenvalue weighted by atomic mass is 31.2. The lowest BCUT2D eigenvalue weighted by atomic mass is 10.7. The second kappa shape index (κ2) is 2.92. The lowest BCUT2D eigenvalue weighted by molar-refractivity contribution is -0.109. The summed E-state index contributed by atoms with van der Waals surface area (Å²) >= 11 is 0. The highest BCUT2D eigenvalue weighted by molar-refractivity contribution is 7.71. The molecule has 0 spiro atoms. The number of carbonyl (C=O) groups is 1. The Hall–Kier alpha value is -0.440. The average Bonchev–Trinajstić information content (AvgIpc) is 1.86. The number of carbonyl (C=O) groups excluding carboxylic acids is 1. The third-order valence-corrected chi connectivity index (χ3v) is 1.94. The van der Waals surface area contributed by atoms with Crippen LogP contribution < -0.4 is 0 Å². The number of rotatable bonds is 3. The summed E-state index contributed by atoms with van der Waals surface area (Å²) < 4.78 is 14.4. The fraction of sp³-hybridized carbons (Fsp3) is 0.250. The maximum Gasteiger partial charge on any atom is 0.398 e. The lowest BCUT2D eigenvalue weighted by Crippen LogP contribution is -1.95. The summed E-state index contributed by atoms with van der Waals surface area (Å²) in [6.45, 7) is 3.01. The van der Waals surface area contributed by atoms with Gasteiger partial charge in [-0.3, -0.25) is 9.36 Å². The van der Waals surface area contributed by atoms with Crippen LogP contribution in [0.2, 0.25) is 0 Å². The van der Waals surface area contributed by atoms with E-state index in [1.165, 1.54) is 0 Å². The molecule has 1 atom stereocenters. The molecule has 0 fully saturated rings. The molecule has 0 radical (unpaired) electrons. The van der Waals surface area contributed by atoms with Gasteiger partial charge in [-0.25, -0.2) is 0 Å². The summed E-state index contributed by atoms with van der Waals surface area (Å²) in [5, 5.41) is 0. The molecule has 1 unspecified atom stereocenters. The fourth-order valence-corrected chi connectivity index (χ4v) is 0.616. The first-order valence-electron chi connectivity index (χ1n) is 2.10. The summed E-state index contributed by atoms with van der Waals surface area (Å²) in [6, 6.07) is 0. The molecule has 0 aliphatic carbocycles. The molecule has 0 aromatic rings. The van der Waals surface area contributed by atoms with Crippen molar-refractivity contribution in [1.82, 2.24) is 0 Å². The normalized spacial score (nSPS) is 16.2. The van der Waals surface area contributed by atoms with Crippen molar-refractivity contribution in [3.8, 4) is 0 Å². The van der Waals surface area contributed by atoms with Crippen LogP contribution >= 0.6 is 7.60 Å². The van der Waals surface area contributed by atoms with Crippen molar-refractivity contribution in [3.63, 3.8) is 0 Å². The average molecular weight is 150 g/mol. The van der Waals surface area contributed by atoms with Crippen molar-refractivity contribution < 1.29 is 18.8 Å². The zero-order valence-corrected chi connectivity index (χ0v) is 5.80. The van der Waals surface area contributed by atoms with Crippen molar-refractivity contribution in [1.29, 1.82) is 0 Å². The maximum atomic E-state index is 10.4. The molecule has 1 N–H and O–H groups in total. The summed E-state index contributed by atoms with van der Waals surface area (Å²) in [5.74, 6) is 0. The van der Waals surface area contributed by atoms with Gasteiger partial charge in [-0.05, 0) is 6.08 Å². The van der Waals surface area contributed by atoms with Crippen molar-refractivity contribution >= 4 is 13.1 Å². The van der Waals surface area contributed by atoms with Crippen molar-refractivity contribution in [3.05, 3.63) is 12.7 Å². The minimum atomic E-state index is -4.02. The maximum absolute atomic E-state index is 10.4. The first-order chi connectivity index (χ1) is 4.04. The highest BCUT2D eigenvalue weighted by Gasteiger charge is 2.25. The third kappa shape index (κ3) is 2.10. The molecule has 0 aromatic carbocycles. The van der Waals surface area contributed by atoms with Crippen molar-refractivity contribution in [2.24, 2.45) is 0 Å². The molecule has 0 aromatic heterocycles. The van der Waals surface area contributed by atoms with E-state index < -0.39 is 13.1 Å². The molecule has 0 aliphatic heterocycles. The van der Waals surface area contributed by atoms with E-state index in [0.29, 0.717) is 0 Å². The van der Waals surface area contributed by atoms with Gasteiger partial charge in [0.25, 0.3) is 5.52 Å². The Morgan fingerprint density at radius 3 is 2.44 bits per heavy atom. The molecular formula is C4H7O4P. The highest BCUT2D eigenvalue weighted by Crippen LogP contribution is 2.41. The van der Waals surface area contributed by atoms with E-state index in [-0.39, 0.29) is 0 Å². The predicted octanol–water partition coefficient (Wildman–Crippen LogP) is 0.531. The molecule has 0 saturated carbocycles. The summed E-state index contributed by atoms with van der Waals surface area (Å²) in [6.07, 6.45) is 0.754. The van der Waals surface area contributed by atoms with Crippen LogP contribution in [0.3, 0.4) is 0 Å². The second-order valence-electron chi connectivity index (χ2n) is 1.25. The van der Waals surface area contributed by atoms with Gasteiger partial charge < -0.3 is 9.42 Å². The van der Waals surface area contributed by atoms with E-state index in [1.54, 1.807) is 0 Å². The molecule has 52 valence electrons. The van der Waals surface area contributed by atoms with Gasteiger partial charge in [0, 0.05) is 7.11 Å². The Labute approximate surface area is 52.7 Å². The molecule has 5 heteroatoms. The zero-order chi connectivity index (χ0) is 7.49. The van der Waals surface area contributed by atoms with E-state index in [9.17, 15) is 9.36 Å². The van der Waals surface area contributed by atoms with Crippen LogP contribution in [-0.2, 0) is 13.9 Å². The van der Waals surface area contributed by atoms with Crippen molar-refractivity contribution in [2.45, 2.75) is 0 Å². The monoisotopic (exact) mass is 150 g/mol. The van der Waals surface area contributed by atoms with Gasteiger partial charge in [-0.1, -0.05) is 6.58 Å². The second-order valence-corrected chi connectivity index (χ2v) is 3.09. The van der Waals surface area contributed by atoms with Crippen LogP contribution in [0.1, 0.15) is 0 Å². The number of allylic oxidation sites excluding steroid dienone is 1. The van der Waals surface area contributed by atoms with Crippen LogP contribution in [0.15, 0.2) is 12.7 Å². The molecular weight excluding hydrogens is 143 g/mol. The van der Waals surface area contributed by atoms with Crippen LogP contribution in [-0.4, -0.2) is 17.5 Å². The van der Waals surface area contributed by atoms with Crippen molar-refractivity contribution in [2.75, 3.05) is 7.11 Å². The predicted molar refractivity (Wildman–Crippen MR) is 32.0 cm³/mol. The Morgan fingerprint density at radius 1 is 1.89 bits per heavy atom. The molecule has 0 saturated heterocycles. The molecule has 0 amide bonds. The summed E-state index contributed by atoms with van der Waals surface area (Å²) in [5.41, 5.74) is -0.981. The molecule has 0 heterocycles.